The van der Waals surface area contributed by atoms with Crippen molar-refractivity contribution in [2.24, 2.45) is 5.10 Å². The third-order valence-electron chi connectivity index (χ3n) is 3.97. The van der Waals surface area contributed by atoms with Gasteiger partial charge in [-0.3, -0.25) is 4.79 Å². The van der Waals surface area contributed by atoms with Gasteiger partial charge in [0.15, 0.2) is 11.5 Å². The zero-order valence-electron chi connectivity index (χ0n) is 13.4. The number of carbonyl (C=O) groups is 1. The molecule has 0 bridgehead atoms. The minimum atomic E-state index is -0.380. The summed E-state index contributed by atoms with van der Waals surface area (Å²) in [5.41, 5.74) is 4.57. The zero-order valence-corrected chi connectivity index (χ0v) is 13.4. The molecule has 2 aromatic carbocycles. The molecule has 0 aromatic heterocycles. The first kappa shape index (κ1) is 16.0. The quantitative estimate of drug-likeness (QED) is 0.858. The van der Waals surface area contributed by atoms with E-state index in [1.165, 1.54) is 24.3 Å². The van der Waals surface area contributed by atoms with Gasteiger partial charge in [-0.05, 0) is 42.0 Å². The van der Waals surface area contributed by atoms with Crippen LogP contribution in [0.15, 0.2) is 47.6 Å². The Labute approximate surface area is 139 Å². The van der Waals surface area contributed by atoms with Gasteiger partial charge in [0, 0.05) is 12.1 Å². The molecule has 1 N–H and O–H groups in total. The largest absolute Gasteiger partial charge is 0.493 e. The van der Waals surface area contributed by atoms with E-state index in [0.29, 0.717) is 29.3 Å². The van der Waals surface area contributed by atoms with Crippen LogP contribution in [0.5, 0.6) is 11.5 Å². The Morgan fingerprint density at radius 3 is 2.50 bits per heavy atom. The number of ether oxygens (including phenoxy) is 2. The number of halogens is 1. The first-order valence-corrected chi connectivity index (χ1v) is 7.46. The topological polar surface area (TPSA) is 59.9 Å². The summed E-state index contributed by atoms with van der Waals surface area (Å²) in [7, 11) is 3.13. The number of hydrogen-bond donors (Lipinski definition) is 1. The van der Waals surface area contributed by atoms with E-state index in [2.05, 4.69) is 10.5 Å². The molecule has 6 heteroatoms. The maximum absolute atomic E-state index is 13.0. The monoisotopic (exact) mass is 328 g/mol. The summed E-state index contributed by atoms with van der Waals surface area (Å²) in [4.78, 5) is 12.7. The summed E-state index contributed by atoms with van der Waals surface area (Å²) in [6.45, 7) is 0.512. The molecule has 0 saturated carbocycles. The van der Waals surface area contributed by atoms with Crippen molar-refractivity contribution < 1.29 is 18.7 Å². The van der Waals surface area contributed by atoms with Gasteiger partial charge < -0.3 is 14.9 Å². The number of Topliss-reactive ketones (excluding diaryl/α,β-unsaturated/α-hetero) is 1. The van der Waals surface area contributed by atoms with Crippen molar-refractivity contribution in [1.82, 2.24) is 5.43 Å². The van der Waals surface area contributed by atoms with Crippen molar-refractivity contribution in [1.29, 1.82) is 0 Å². The summed E-state index contributed by atoms with van der Waals surface area (Å²) in [5.74, 6) is 0.405. The lowest BCUT2D eigenvalue weighted by molar-refractivity contribution is 0.106. The number of rotatable bonds is 5. The van der Waals surface area contributed by atoms with E-state index in [0.717, 1.165) is 5.56 Å². The van der Waals surface area contributed by atoms with Crippen LogP contribution >= 0.6 is 0 Å². The number of nitrogens with zero attached hydrogens (tertiary/aromatic N) is 1. The Hall–Kier alpha value is -2.89. The van der Waals surface area contributed by atoms with Crippen LogP contribution in [0.3, 0.4) is 0 Å². The number of carbonyl (C=O) groups excluding carboxylic acids is 1. The highest BCUT2D eigenvalue weighted by Gasteiger charge is 2.30. The molecule has 0 aliphatic carbocycles. The molecule has 0 radical (unpaired) electrons. The molecule has 0 fully saturated rings. The maximum Gasteiger partial charge on any atom is 0.209 e. The SMILES string of the molecule is COc1ccc(C2CNN=C2C(=O)c2ccc(F)cc2)cc1OC. The van der Waals surface area contributed by atoms with Gasteiger partial charge in [0.1, 0.15) is 11.5 Å². The van der Waals surface area contributed by atoms with Crippen LogP contribution in [0.2, 0.25) is 0 Å². The van der Waals surface area contributed by atoms with Gasteiger partial charge in [0.2, 0.25) is 5.78 Å². The van der Waals surface area contributed by atoms with Crippen LogP contribution in [-0.2, 0) is 0 Å². The van der Waals surface area contributed by atoms with E-state index in [-0.39, 0.29) is 17.5 Å². The van der Waals surface area contributed by atoms with E-state index < -0.39 is 0 Å². The number of hydrazone groups is 1. The van der Waals surface area contributed by atoms with Crippen LogP contribution in [0.4, 0.5) is 4.39 Å². The minimum Gasteiger partial charge on any atom is -0.493 e. The Kier molecular flexibility index (Phi) is 4.46. The molecule has 0 spiro atoms. The maximum atomic E-state index is 13.0. The van der Waals surface area contributed by atoms with Gasteiger partial charge in [-0.1, -0.05) is 6.07 Å². The molecule has 124 valence electrons. The molecular formula is C18H17FN2O3. The molecule has 5 nitrogen and oxygen atoms in total. The fourth-order valence-electron chi connectivity index (χ4n) is 2.70. The van der Waals surface area contributed by atoms with E-state index >= 15 is 0 Å². The van der Waals surface area contributed by atoms with Gasteiger partial charge in [-0.15, -0.1) is 0 Å². The summed E-state index contributed by atoms with van der Waals surface area (Å²) < 4.78 is 23.6. The molecule has 1 atom stereocenters. The van der Waals surface area contributed by atoms with E-state index in [9.17, 15) is 9.18 Å². The molecule has 1 unspecified atom stereocenters. The van der Waals surface area contributed by atoms with Crippen LogP contribution in [-0.4, -0.2) is 32.3 Å². The number of methoxy groups -OCH3 is 2. The molecule has 1 aliphatic rings. The Morgan fingerprint density at radius 2 is 1.83 bits per heavy atom. The Balaban J connectivity index is 1.90. The lowest BCUT2D eigenvalue weighted by Gasteiger charge is -2.15. The van der Waals surface area contributed by atoms with Crippen molar-refractivity contribution >= 4 is 11.5 Å². The third-order valence-corrected chi connectivity index (χ3v) is 3.97. The first-order valence-electron chi connectivity index (χ1n) is 7.46. The van der Waals surface area contributed by atoms with Gasteiger partial charge in [0.25, 0.3) is 0 Å². The first-order chi connectivity index (χ1) is 11.6. The van der Waals surface area contributed by atoms with Crippen LogP contribution in [0.1, 0.15) is 21.8 Å². The van der Waals surface area contributed by atoms with E-state index in [1.807, 2.05) is 12.1 Å². The van der Waals surface area contributed by atoms with Crippen molar-refractivity contribution in [3.8, 4) is 11.5 Å². The molecule has 2 aromatic rings. The second-order valence-electron chi connectivity index (χ2n) is 5.36. The Bertz CT molecular complexity index is 787. The van der Waals surface area contributed by atoms with Crippen LogP contribution < -0.4 is 14.9 Å². The normalized spacial score (nSPS) is 16.3. The fourth-order valence-corrected chi connectivity index (χ4v) is 2.70. The Morgan fingerprint density at radius 1 is 1.12 bits per heavy atom. The third kappa shape index (κ3) is 2.95. The van der Waals surface area contributed by atoms with Gasteiger partial charge in [-0.2, -0.15) is 5.10 Å². The van der Waals surface area contributed by atoms with Gasteiger partial charge >= 0.3 is 0 Å². The second kappa shape index (κ2) is 6.70. The highest BCUT2D eigenvalue weighted by molar-refractivity contribution is 6.48. The summed E-state index contributed by atoms with van der Waals surface area (Å²) in [6.07, 6.45) is 0. The van der Waals surface area contributed by atoms with Gasteiger partial charge in [0.05, 0.1) is 20.1 Å². The van der Waals surface area contributed by atoms with Crippen molar-refractivity contribution in [2.75, 3.05) is 20.8 Å². The molecule has 1 heterocycles. The average molecular weight is 328 g/mol. The standard InChI is InChI=1S/C18H17FN2O3/c1-23-15-8-5-12(9-16(15)24-2)14-10-20-21-17(14)18(22)11-3-6-13(19)7-4-11/h3-9,14,20H,10H2,1-2H3. The van der Waals surface area contributed by atoms with Crippen molar-refractivity contribution in [2.45, 2.75) is 5.92 Å². The second-order valence-corrected chi connectivity index (χ2v) is 5.36. The molecule has 0 amide bonds. The fraction of sp³-hybridized carbons (Fsp3) is 0.222. The number of benzene rings is 2. The number of nitrogens with one attached hydrogen (secondary N) is 1. The molecule has 3 rings (SSSR count). The lowest BCUT2D eigenvalue weighted by Crippen LogP contribution is -2.21. The number of ketones is 1. The van der Waals surface area contributed by atoms with E-state index in [1.54, 1.807) is 20.3 Å². The molecular weight excluding hydrogens is 311 g/mol. The van der Waals surface area contributed by atoms with Crippen molar-refractivity contribution in [3.05, 3.63) is 59.4 Å². The molecule has 0 saturated heterocycles. The minimum absolute atomic E-state index is 0.206. The highest BCUT2D eigenvalue weighted by Crippen LogP contribution is 2.32. The molecule has 1 aliphatic heterocycles. The van der Waals surface area contributed by atoms with Crippen LogP contribution in [0, 0.1) is 5.82 Å². The smallest absolute Gasteiger partial charge is 0.209 e. The van der Waals surface area contributed by atoms with Crippen molar-refractivity contribution in [3.63, 3.8) is 0 Å². The van der Waals surface area contributed by atoms with Gasteiger partial charge in [-0.25, -0.2) is 4.39 Å². The number of hydrogen-bond acceptors (Lipinski definition) is 5. The average Bonchev–Trinajstić information content (AvgIpc) is 3.10. The summed E-state index contributed by atoms with van der Waals surface area (Å²) >= 11 is 0. The summed E-state index contributed by atoms with van der Waals surface area (Å²) in [6, 6.07) is 11.0. The van der Waals surface area contributed by atoms with E-state index in [4.69, 9.17) is 9.47 Å². The zero-order chi connectivity index (χ0) is 17.1. The predicted molar refractivity (Wildman–Crippen MR) is 88.5 cm³/mol. The van der Waals surface area contributed by atoms with Crippen LogP contribution in [0.25, 0.3) is 0 Å². The highest BCUT2D eigenvalue weighted by atomic mass is 19.1. The molecule has 24 heavy (non-hydrogen) atoms. The summed E-state index contributed by atoms with van der Waals surface area (Å²) in [5, 5.41) is 4.14. The predicted octanol–water partition coefficient (Wildman–Crippen LogP) is 2.77. The lowest BCUT2D eigenvalue weighted by atomic mass is 9.90.